The van der Waals surface area contributed by atoms with Crippen molar-refractivity contribution in [1.29, 1.82) is 0 Å². The van der Waals surface area contributed by atoms with E-state index in [1.807, 2.05) is 31.2 Å². The number of methoxy groups -OCH3 is 1. The zero-order chi connectivity index (χ0) is 17.4. The molecule has 0 aliphatic heterocycles. The van der Waals surface area contributed by atoms with E-state index in [2.05, 4.69) is 5.32 Å². The average molecular weight is 366 g/mol. The number of hydrogen-bond acceptors (Lipinski definition) is 4. The lowest BCUT2D eigenvalue weighted by molar-refractivity contribution is -0.113. The maximum Gasteiger partial charge on any atom is 0.234 e. The number of benzene rings is 2. The van der Waals surface area contributed by atoms with Crippen LogP contribution < -0.4 is 14.8 Å². The summed E-state index contributed by atoms with van der Waals surface area (Å²) in [5, 5.41) is 3.57. The van der Waals surface area contributed by atoms with Crippen molar-refractivity contribution < 1.29 is 14.3 Å². The van der Waals surface area contributed by atoms with Gasteiger partial charge in [-0.2, -0.15) is 0 Å². The Morgan fingerprint density at radius 2 is 2.04 bits per heavy atom. The highest BCUT2D eigenvalue weighted by molar-refractivity contribution is 7.99. The molecular formula is C18H20ClNO3S. The first kappa shape index (κ1) is 18.5. The zero-order valence-electron chi connectivity index (χ0n) is 13.7. The van der Waals surface area contributed by atoms with Crippen LogP contribution in [-0.4, -0.2) is 25.4 Å². The van der Waals surface area contributed by atoms with Crippen molar-refractivity contribution in [3.05, 3.63) is 53.1 Å². The summed E-state index contributed by atoms with van der Waals surface area (Å²) in [7, 11) is 1.57. The van der Waals surface area contributed by atoms with E-state index in [9.17, 15) is 4.79 Å². The molecule has 0 spiro atoms. The molecule has 0 aliphatic rings. The molecule has 4 nitrogen and oxygen atoms in total. The molecule has 2 aromatic carbocycles. The molecule has 0 bridgehead atoms. The minimum atomic E-state index is -0.0618. The van der Waals surface area contributed by atoms with E-state index in [0.29, 0.717) is 34.6 Å². The van der Waals surface area contributed by atoms with E-state index in [1.54, 1.807) is 25.3 Å². The first-order valence-electron chi connectivity index (χ1n) is 7.55. The van der Waals surface area contributed by atoms with Crippen LogP contribution in [0.1, 0.15) is 12.5 Å². The fraction of sp³-hybridized carbons (Fsp3) is 0.278. The highest BCUT2D eigenvalue weighted by Crippen LogP contribution is 2.30. The molecule has 0 atom stereocenters. The third kappa shape index (κ3) is 5.65. The minimum Gasteiger partial charge on any atom is -0.493 e. The Morgan fingerprint density at radius 3 is 2.75 bits per heavy atom. The monoisotopic (exact) mass is 365 g/mol. The average Bonchev–Trinajstić information content (AvgIpc) is 2.56. The number of ether oxygens (including phenoxy) is 2. The van der Waals surface area contributed by atoms with Gasteiger partial charge in [-0.05, 0) is 36.8 Å². The second-order valence-electron chi connectivity index (χ2n) is 4.97. The molecular weight excluding hydrogens is 346 g/mol. The summed E-state index contributed by atoms with van der Waals surface area (Å²) >= 11 is 7.48. The smallest absolute Gasteiger partial charge is 0.234 e. The summed E-state index contributed by atoms with van der Waals surface area (Å²) < 4.78 is 10.7. The third-order valence-electron chi connectivity index (χ3n) is 3.14. The maximum absolute atomic E-state index is 12.0. The van der Waals surface area contributed by atoms with Gasteiger partial charge in [0.15, 0.2) is 11.5 Å². The number of carbonyl (C=O) groups is 1. The van der Waals surface area contributed by atoms with Crippen LogP contribution in [0.25, 0.3) is 0 Å². The standard InChI is InChI=1S/C18H20ClNO3S/c1-3-23-16-8-7-15(10-17(16)22-2)20-18(21)12-24-11-13-5-4-6-14(19)9-13/h4-10H,3,11-12H2,1-2H3,(H,20,21). The number of halogens is 1. The molecule has 6 heteroatoms. The topological polar surface area (TPSA) is 47.6 Å². The van der Waals surface area contributed by atoms with Crippen molar-refractivity contribution in [3.63, 3.8) is 0 Å². The van der Waals surface area contributed by atoms with Gasteiger partial charge in [0.1, 0.15) is 0 Å². The van der Waals surface area contributed by atoms with Gasteiger partial charge in [-0.25, -0.2) is 0 Å². The fourth-order valence-corrected chi connectivity index (χ4v) is 3.09. The Labute approximate surface area is 151 Å². The summed E-state index contributed by atoms with van der Waals surface area (Å²) in [6.45, 7) is 2.47. The molecule has 0 fully saturated rings. The van der Waals surface area contributed by atoms with Crippen molar-refractivity contribution in [2.24, 2.45) is 0 Å². The van der Waals surface area contributed by atoms with Crippen LogP contribution in [0.15, 0.2) is 42.5 Å². The predicted octanol–water partition coefficient (Wildman–Crippen LogP) is 4.62. The van der Waals surface area contributed by atoms with Crippen molar-refractivity contribution in [1.82, 2.24) is 0 Å². The van der Waals surface area contributed by atoms with E-state index < -0.39 is 0 Å². The van der Waals surface area contributed by atoms with Crippen molar-refractivity contribution in [2.75, 3.05) is 24.8 Å². The molecule has 0 radical (unpaired) electrons. The van der Waals surface area contributed by atoms with Gasteiger partial charge in [-0.15, -0.1) is 11.8 Å². The molecule has 128 valence electrons. The number of amides is 1. The summed E-state index contributed by atoms with van der Waals surface area (Å²) in [4.78, 5) is 12.0. The van der Waals surface area contributed by atoms with Crippen molar-refractivity contribution >= 4 is 35.0 Å². The molecule has 24 heavy (non-hydrogen) atoms. The lowest BCUT2D eigenvalue weighted by Gasteiger charge is -2.11. The number of thioether (sulfide) groups is 1. The molecule has 2 aromatic rings. The van der Waals surface area contributed by atoms with Gasteiger partial charge in [-0.1, -0.05) is 23.7 Å². The van der Waals surface area contributed by atoms with E-state index in [4.69, 9.17) is 21.1 Å². The Hall–Kier alpha value is -1.85. The highest BCUT2D eigenvalue weighted by Gasteiger charge is 2.08. The van der Waals surface area contributed by atoms with E-state index in [-0.39, 0.29) is 5.91 Å². The third-order valence-corrected chi connectivity index (χ3v) is 4.38. The molecule has 1 N–H and O–H groups in total. The van der Waals surface area contributed by atoms with Crippen LogP contribution in [0.4, 0.5) is 5.69 Å². The Kier molecular flexibility index (Phi) is 7.28. The van der Waals surface area contributed by atoms with Crippen LogP contribution in [0, 0.1) is 0 Å². The number of nitrogens with one attached hydrogen (secondary N) is 1. The van der Waals surface area contributed by atoms with Gasteiger partial charge in [0, 0.05) is 22.5 Å². The van der Waals surface area contributed by atoms with Gasteiger partial charge in [0.2, 0.25) is 5.91 Å². The molecule has 0 unspecified atom stereocenters. The second kappa shape index (κ2) is 9.45. The fourth-order valence-electron chi connectivity index (χ4n) is 2.11. The van der Waals surface area contributed by atoms with Crippen LogP contribution in [0.5, 0.6) is 11.5 Å². The van der Waals surface area contributed by atoms with E-state index in [1.165, 1.54) is 11.8 Å². The Morgan fingerprint density at radius 1 is 1.21 bits per heavy atom. The predicted molar refractivity (Wildman–Crippen MR) is 100 cm³/mol. The lowest BCUT2D eigenvalue weighted by atomic mass is 10.2. The van der Waals surface area contributed by atoms with Gasteiger partial charge < -0.3 is 14.8 Å². The second-order valence-corrected chi connectivity index (χ2v) is 6.39. The first-order valence-corrected chi connectivity index (χ1v) is 9.08. The van der Waals surface area contributed by atoms with Gasteiger partial charge >= 0.3 is 0 Å². The summed E-state index contributed by atoms with van der Waals surface area (Å²) in [6.07, 6.45) is 0. The number of hydrogen-bond donors (Lipinski definition) is 1. The van der Waals surface area contributed by atoms with E-state index in [0.717, 1.165) is 11.3 Å². The molecule has 1 amide bonds. The normalized spacial score (nSPS) is 10.3. The molecule has 0 saturated heterocycles. The highest BCUT2D eigenvalue weighted by atomic mass is 35.5. The minimum absolute atomic E-state index is 0.0618. The van der Waals surface area contributed by atoms with Gasteiger partial charge in [-0.3, -0.25) is 4.79 Å². The first-order chi connectivity index (χ1) is 11.6. The molecule has 0 aromatic heterocycles. The SMILES string of the molecule is CCOc1ccc(NC(=O)CSCc2cccc(Cl)c2)cc1OC. The summed E-state index contributed by atoms with van der Waals surface area (Å²) in [6, 6.07) is 13.0. The molecule has 0 saturated carbocycles. The van der Waals surface area contributed by atoms with Crippen LogP contribution in [0.3, 0.4) is 0 Å². The molecule has 0 heterocycles. The zero-order valence-corrected chi connectivity index (χ0v) is 15.2. The van der Waals surface area contributed by atoms with Crippen molar-refractivity contribution in [3.8, 4) is 11.5 Å². The van der Waals surface area contributed by atoms with Gasteiger partial charge in [0.05, 0.1) is 19.5 Å². The van der Waals surface area contributed by atoms with E-state index >= 15 is 0 Å². The summed E-state index contributed by atoms with van der Waals surface area (Å²) in [5.74, 6) is 2.30. The Balaban J connectivity index is 1.85. The number of anilines is 1. The molecule has 2 rings (SSSR count). The van der Waals surface area contributed by atoms with Crippen LogP contribution in [0.2, 0.25) is 5.02 Å². The van der Waals surface area contributed by atoms with Crippen LogP contribution in [-0.2, 0) is 10.5 Å². The summed E-state index contributed by atoms with van der Waals surface area (Å²) in [5.41, 5.74) is 1.78. The Bertz CT molecular complexity index is 694. The van der Waals surface area contributed by atoms with Crippen LogP contribution >= 0.6 is 23.4 Å². The largest absolute Gasteiger partial charge is 0.493 e. The lowest BCUT2D eigenvalue weighted by Crippen LogP contribution is -2.14. The number of carbonyl (C=O) groups excluding carboxylic acids is 1. The number of rotatable bonds is 8. The molecule has 0 aliphatic carbocycles. The van der Waals surface area contributed by atoms with Crippen molar-refractivity contribution in [2.45, 2.75) is 12.7 Å². The quantitative estimate of drug-likeness (QED) is 0.741. The maximum atomic E-state index is 12.0. The van der Waals surface area contributed by atoms with Gasteiger partial charge in [0.25, 0.3) is 0 Å².